The van der Waals surface area contributed by atoms with E-state index in [0.29, 0.717) is 28.8 Å². The molecular weight excluding hydrogens is 655 g/mol. The van der Waals surface area contributed by atoms with Gasteiger partial charge in [-0.05, 0) is 58.1 Å². The zero-order valence-electron chi connectivity index (χ0n) is 23.5. The molecule has 4 aromatic rings. The van der Waals surface area contributed by atoms with Crippen LogP contribution >= 0.6 is 27.3 Å². The lowest BCUT2D eigenvalue weighted by Crippen LogP contribution is -2.41. The van der Waals surface area contributed by atoms with Crippen molar-refractivity contribution in [2.45, 2.75) is 38.1 Å². The molecule has 1 unspecified atom stereocenters. The van der Waals surface area contributed by atoms with Gasteiger partial charge in [0.25, 0.3) is 0 Å². The standard InChI is InChI=1S/C33H29BrF3N3O3S/c34-28-20-25(30-38-26(22-44-30)19-23-9-3-1-4-10-23)15-16-29(28)40(31(41)33(35,36)37)18-8-14-27-13-7-17-39(27)32(42)43-21-24-11-5-2-6-12-24/h1-6,8-12,14-16,20,22,27H,7,13,17-19,21H2. The van der Waals surface area contributed by atoms with Crippen LogP contribution in [0, 0.1) is 0 Å². The van der Waals surface area contributed by atoms with E-state index in [1.54, 1.807) is 23.1 Å². The van der Waals surface area contributed by atoms with Crippen LogP contribution in [0.2, 0.25) is 0 Å². The lowest BCUT2D eigenvalue weighted by molar-refractivity contribution is -0.170. The first kappa shape index (κ1) is 31.5. The van der Waals surface area contributed by atoms with E-state index in [-0.39, 0.29) is 24.9 Å². The predicted molar refractivity (Wildman–Crippen MR) is 168 cm³/mol. The zero-order chi connectivity index (χ0) is 31.1. The van der Waals surface area contributed by atoms with Crippen molar-refractivity contribution >= 4 is 45.0 Å². The first-order valence-electron chi connectivity index (χ1n) is 14.0. The molecule has 2 heterocycles. The summed E-state index contributed by atoms with van der Waals surface area (Å²) >= 11 is 4.83. The summed E-state index contributed by atoms with van der Waals surface area (Å²) < 4.78 is 46.7. The van der Waals surface area contributed by atoms with Gasteiger partial charge in [-0.2, -0.15) is 13.2 Å². The molecule has 0 saturated carbocycles. The first-order valence-corrected chi connectivity index (χ1v) is 15.7. The van der Waals surface area contributed by atoms with Crippen LogP contribution in [0.5, 0.6) is 0 Å². The Morgan fingerprint density at radius 2 is 1.75 bits per heavy atom. The van der Waals surface area contributed by atoms with E-state index in [1.165, 1.54) is 23.5 Å². The molecule has 44 heavy (non-hydrogen) atoms. The second-order valence-corrected chi connectivity index (χ2v) is 12.0. The molecule has 1 aliphatic rings. The van der Waals surface area contributed by atoms with Crippen LogP contribution in [0.3, 0.4) is 0 Å². The molecule has 0 radical (unpaired) electrons. The highest BCUT2D eigenvalue weighted by Gasteiger charge is 2.43. The number of aromatic nitrogens is 1. The average molecular weight is 685 g/mol. The van der Waals surface area contributed by atoms with Crippen molar-refractivity contribution in [2.75, 3.05) is 18.0 Å². The molecule has 3 aromatic carbocycles. The Bertz CT molecular complexity index is 1610. The van der Waals surface area contributed by atoms with E-state index in [1.807, 2.05) is 66.0 Å². The predicted octanol–water partition coefficient (Wildman–Crippen LogP) is 8.42. The van der Waals surface area contributed by atoms with Gasteiger partial charge in [0.2, 0.25) is 0 Å². The maximum absolute atomic E-state index is 13.7. The van der Waals surface area contributed by atoms with Crippen molar-refractivity contribution in [3.63, 3.8) is 0 Å². The Labute approximate surface area is 265 Å². The number of benzene rings is 3. The number of anilines is 1. The number of alkyl halides is 3. The number of carbonyl (C=O) groups is 2. The molecule has 228 valence electrons. The Morgan fingerprint density at radius 3 is 2.43 bits per heavy atom. The smallest absolute Gasteiger partial charge is 0.445 e. The molecule has 2 amide bonds. The molecular formula is C33H29BrF3N3O3S. The summed E-state index contributed by atoms with van der Waals surface area (Å²) in [5, 5.41) is 2.68. The van der Waals surface area contributed by atoms with Crippen molar-refractivity contribution in [3.8, 4) is 10.6 Å². The third kappa shape index (κ3) is 7.95. The highest BCUT2D eigenvalue weighted by Crippen LogP contribution is 2.35. The van der Waals surface area contributed by atoms with Gasteiger partial charge < -0.3 is 9.64 Å². The van der Waals surface area contributed by atoms with E-state index in [2.05, 4.69) is 15.9 Å². The van der Waals surface area contributed by atoms with Gasteiger partial charge in [-0.25, -0.2) is 9.78 Å². The first-order chi connectivity index (χ1) is 21.2. The Balaban J connectivity index is 1.28. The second-order valence-electron chi connectivity index (χ2n) is 10.3. The number of nitrogens with zero attached hydrogens (tertiary/aromatic N) is 3. The summed E-state index contributed by atoms with van der Waals surface area (Å²) in [6.07, 6.45) is -0.362. The van der Waals surface area contributed by atoms with Crippen LogP contribution < -0.4 is 4.90 Å². The molecule has 11 heteroatoms. The Morgan fingerprint density at radius 1 is 1.05 bits per heavy atom. The SMILES string of the molecule is O=C(OCc1ccccc1)N1CCCC1C=CCN(C(=O)C(F)(F)F)c1ccc(-c2nc(Cc3ccccc3)cs2)cc1Br. The van der Waals surface area contributed by atoms with Gasteiger partial charge >= 0.3 is 18.2 Å². The van der Waals surface area contributed by atoms with Crippen LogP contribution in [-0.2, 0) is 22.6 Å². The fraction of sp³-hybridized carbons (Fsp3) is 0.242. The molecule has 1 aromatic heterocycles. The van der Waals surface area contributed by atoms with E-state index < -0.39 is 18.2 Å². The number of likely N-dealkylation sites (tertiary alicyclic amines) is 1. The summed E-state index contributed by atoms with van der Waals surface area (Å²) in [7, 11) is 0. The van der Waals surface area contributed by atoms with Crippen molar-refractivity contribution in [1.29, 1.82) is 0 Å². The van der Waals surface area contributed by atoms with E-state index in [4.69, 9.17) is 9.72 Å². The summed E-state index contributed by atoms with van der Waals surface area (Å²) in [6, 6.07) is 23.7. The highest BCUT2D eigenvalue weighted by atomic mass is 79.9. The summed E-state index contributed by atoms with van der Waals surface area (Å²) in [6.45, 7) is 0.267. The quantitative estimate of drug-likeness (QED) is 0.166. The van der Waals surface area contributed by atoms with Gasteiger partial charge in [0, 0.05) is 34.9 Å². The number of hydrogen-bond donors (Lipinski definition) is 0. The zero-order valence-corrected chi connectivity index (χ0v) is 25.9. The van der Waals surface area contributed by atoms with E-state index >= 15 is 0 Å². The molecule has 0 aliphatic carbocycles. The summed E-state index contributed by atoms with van der Waals surface area (Å²) in [5.74, 6) is -1.99. The van der Waals surface area contributed by atoms with Crippen molar-refractivity contribution in [2.24, 2.45) is 0 Å². The van der Waals surface area contributed by atoms with Crippen molar-refractivity contribution in [3.05, 3.63) is 118 Å². The molecule has 1 fully saturated rings. The van der Waals surface area contributed by atoms with Crippen LogP contribution in [-0.4, -0.2) is 47.2 Å². The minimum absolute atomic E-state index is 0.0762. The lowest BCUT2D eigenvalue weighted by atomic mass is 10.1. The highest BCUT2D eigenvalue weighted by molar-refractivity contribution is 9.10. The third-order valence-corrected chi connectivity index (χ3v) is 8.71. The molecule has 1 atom stereocenters. The lowest BCUT2D eigenvalue weighted by Gasteiger charge is -2.25. The second kappa shape index (κ2) is 14.2. The topological polar surface area (TPSA) is 62.7 Å². The van der Waals surface area contributed by atoms with Crippen LogP contribution in [0.1, 0.15) is 29.7 Å². The number of ether oxygens (including phenoxy) is 1. The maximum atomic E-state index is 13.7. The average Bonchev–Trinajstić information content (AvgIpc) is 3.69. The maximum Gasteiger partial charge on any atom is 0.471 e. The Kier molecular flexibility index (Phi) is 10.2. The van der Waals surface area contributed by atoms with Crippen molar-refractivity contribution < 1.29 is 27.5 Å². The monoisotopic (exact) mass is 683 g/mol. The van der Waals surface area contributed by atoms with Gasteiger partial charge in [0.1, 0.15) is 11.6 Å². The Hall–Kier alpha value is -3.96. The molecule has 0 N–H and O–H groups in total. The number of hydrogen-bond acceptors (Lipinski definition) is 5. The number of amides is 2. The molecule has 5 rings (SSSR count). The van der Waals surface area contributed by atoms with Gasteiger partial charge in [-0.1, -0.05) is 72.8 Å². The van der Waals surface area contributed by atoms with Gasteiger partial charge in [-0.3, -0.25) is 9.69 Å². The summed E-state index contributed by atoms with van der Waals surface area (Å²) in [5.41, 5.74) is 3.66. The van der Waals surface area contributed by atoms with Crippen LogP contribution in [0.25, 0.3) is 10.6 Å². The molecule has 0 bridgehead atoms. The van der Waals surface area contributed by atoms with Crippen LogP contribution in [0.4, 0.5) is 23.7 Å². The largest absolute Gasteiger partial charge is 0.471 e. The molecule has 1 saturated heterocycles. The number of rotatable bonds is 9. The van der Waals surface area contributed by atoms with Crippen LogP contribution in [0.15, 0.2) is 101 Å². The van der Waals surface area contributed by atoms with Crippen molar-refractivity contribution in [1.82, 2.24) is 9.88 Å². The fourth-order valence-electron chi connectivity index (χ4n) is 4.97. The molecule has 6 nitrogen and oxygen atoms in total. The molecule has 1 aliphatic heterocycles. The fourth-order valence-corrected chi connectivity index (χ4v) is 6.38. The van der Waals surface area contributed by atoms with Gasteiger partial charge in [0.15, 0.2) is 0 Å². The number of thiazole rings is 1. The summed E-state index contributed by atoms with van der Waals surface area (Å²) in [4.78, 5) is 32.2. The van der Waals surface area contributed by atoms with Gasteiger partial charge in [0.05, 0.1) is 17.4 Å². The third-order valence-electron chi connectivity index (χ3n) is 7.14. The minimum atomic E-state index is -5.08. The van der Waals surface area contributed by atoms with E-state index in [9.17, 15) is 22.8 Å². The number of carbonyl (C=O) groups excluding carboxylic acids is 2. The normalized spacial score (nSPS) is 15.1. The minimum Gasteiger partial charge on any atom is -0.445 e. The van der Waals surface area contributed by atoms with E-state index in [0.717, 1.165) is 33.8 Å². The number of halogens is 4. The molecule has 0 spiro atoms. The van der Waals surface area contributed by atoms with Gasteiger partial charge in [-0.15, -0.1) is 11.3 Å².